The van der Waals surface area contributed by atoms with Gasteiger partial charge in [0.25, 0.3) is 0 Å². The molecule has 0 saturated carbocycles. The zero-order valence-electron chi connectivity index (χ0n) is 9.60. The zero-order chi connectivity index (χ0) is 11.5. The maximum absolute atomic E-state index is 5.67. The van der Waals surface area contributed by atoms with E-state index in [-0.39, 0.29) is 0 Å². The molecule has 4 nitrogen and oxygen atoms in total. The van der Waals surface area contributed by atoms with Crippen LogP contribution in [0.1, 0.15) is 18.7 Å². The Balaban J connectivity index is 1.74. The van der Waals surface area contributed by atoms with Crippen molar-refractivity contribution in [1.82, 2.24) is 15.5 Å². The Morgan fingerprint density at radius 3 is 2.88 bits per heavy atom. The molecule has 4 heteroatoms. The predicted octanol–water partition coefficient (Wildman–Crippen LogP) is 2.03. The monoisotopic (exact) mass is 229 g/mol. The van der Waals surface area contributed by atoms with Crippen molar-refractivity contribution in [3.05, 3.63) is 36.2 Å². The van der Waals surface area contributed by atoms with Gasteiger partial charge in [-0.05, 0) is 31.5 Å². The van der Waals surface area contributed by atoms with Crippen molar-refractivity contribution >= 4 is 0 Å². The normalized spacial score (nSPS) is 19.6. The highest BCUT2D eigenvalue weighted by Gasteiger charge is 2.18. The molecule has 0 radical (unpaired) electrons. The second-order valence-electron chi connectivity index (χ2n) is 4.36. The van der Waals surface area contributed by atoms with Crippen molar-refractivity contribution in [2.75, 3.05) is 6.54 Å². The summed E-state index contributed by atoms with van der Waals surface area (Å²) >= 11 is 0. The number of aromatic nitrogens is 2. The molecule has 1 atom stereocenters. The fraction of sp³-hybridized carbons (Fsp3) is 0.385. The van der Waals surface area contributed by atoms with E-state index in [1.807, 2.05) is 30.3 Å². The van der Waals surface area contributed by atoms with Gasteiger partial charge in [-0.15, -0.1) is 10.2 Å². The molecule has 1 aromatic heterocycles. The topological polar surface area (TPSA) is 51.0 Å². The minimum absolute atomic E-state index is 0.499. The lowest BCUT2D eigenvalue weighted by Gasteiger charge is -2.04. The molecule has 0 unspecified atom stereocenters. The summed E-state index contributed by atoms with van der Waals surface area (Å²) in [4.78, 5) is 0. The lowest BCUT2D eigenvalue weighted by molar-refractivity contribution is 0.464. The molecule has 0 spiro atoms. The SMILES string of the molecule is c1ccc(-c2nnc(C[C@@H]3CCCN3)o2)cc1. The van der Waals surface area contributed by atoms with E-state index >= 15 is 0 Å². The van der Waals surface area contributed by atoms with Crippen LogP contribution in [-0.4, -0.2) is 22.8 Å². The average molecular weight is 229 g/mol. The number of nitrogens with one attached hydrogen (secondary N) is 1. The predicted molar refractivity (Wildman–Crippen MR) is 64.5 cm³/mol. The van der Waals surface area contributed by atoms with Crippen molar-refractivity contribution in [3.63, 3.8) is 0 Å². The first-order valence-electron chi connectivity index (χ1n) is 6.03. The van der Waals surface area contributed by atoms with Gasteiger partial charge in [0, 0.05) is 18.0 Å². The van der Waals surface area contributed by atoms with Gasteiger partial charge < -0.3 is 9.73 Å². The summed E-state index contributed by atoms with van der Waals surface area (Å²) in [6.45, 7) is 1.10. The molecule has 17 heavy (non-hydrogen) atoms. The highest BCUT2D eigenvalue weighted by Crippen LogP contribution is 2.18. The van der Waals surface area contributed by atoms with Gasteiger partial charge in [0.15, 0.2) is 0 Å². The lowest BCUT2D eigenvalue weighted by Crippen LogP contribution is -2.23. The van der Waals surface area contributed by atoms with E-state index < -0.39 is 0 Å². The van der Waals surface area contributed by atoms with Crippen LogP contribution in [-0.2, 0) is 6.42 Å². The summed E-state index contributed by atoms with van der Waals surface area (Å²) in [7, 11) is 0. The lowest BCUT2D eigenvalue weighted by atomic mass is 10.2. The third-order valence-electron chi connectivity index (χ3n) is 3.07. The number of hydrogen-bond acceptors (Lipinski definition) is 4. The van der Waals surface area contributed by atoms with Crippen LogP contribution in [0.3, 0.4) is 0 Å². The summed E-state index contributed by atoms with van der Waals surface area (Å²) in [5.41, 5.74) is 0.977. The number of rotatable bonds is 3. The largest absolute Gasteiger partial charge is 0.421 e. The van der Waals surface area contributed by atoms with Crippen molar-refractivity contribution in [2.45, 2.75) is 25.3 Å². The standard InChI is InChI=1S/C13H15N3O/c1-2-5-10(6-3-1)13-16-15-12(17-13)9-11-7-4-8-14-11/h1-3,5-6,11,14H,4,7-9H2/t11-/m0/s1. The summed E-state index contributed by atoms with van der Waals surface area (Å²) in [5.74, 6) is 1.34. The van der Waals surface area contributed by atoms with Crippen LogP contribution in [0, 0.1) is 0 Å². The minimum atomic E-state index is 0.499. The maximum atomic E-state index is 5.67. The van der Waals surface area contributed by atoms with E-state index in [0.717, 1.165) is 24.4 Å². The molecule has 2 aromatic rings. The molecule has 3 rings (SSSR count). The zero-order valence-corrected chi connectivity index (χ0v) is 9.60. The first-order valence-corrected chi connectivity index (χ1v) is 6.03. The molecular weight excluding hydrogens is 214 g/mol. The molecule has 2 heterocycles. The second-order valence-corrected chi connectivity index (χ2v) is 4.36. The number of nitrogens with zero attached hydrogens (tertiary/aromatic N) is 2. The Morgan fingerprint density at radius 2 is 2.12 bits per heavy atom. The van der Waals surface area contributed by atoms with Crippen LogP contribution in [0.15, 0.2) is 34.7 Å². The van der Waals surface area contributed by atoms with Gasteiger partial charge in [0.05, 0.1) is 0 Å². The first kappa shape index (κ1) is 10.5. The highest BCUT2D eigenvalue weighted by atomic mass is 16.4. The Morgan fingerprint density at radius 1 is 1.24 bits per heavy atom. The molecule has 1 aliphatic heterocycles. The third kappa shape index (κ3) is 2.36. The van der Waals surface area contributed by atoms with Crippen LogP contribution in [0.5, 0.6) is 0 Å². The number of hydrogen-bond donors (Lipinski definition) is 1. The first-order chi connectivity index (χ1) is 8.42. The molecular formula is C13H15N3O. The molecule has 0 bridgehead atoms. The quantitative estimate of drug-likeness (QED) is 0.875. The maximum Gasteiger partial charge on any atom is 0.247 e. The van der Waals surface area contributed by atoms with Crippen molar-refractivity contribution < 1.29 is 4.42 Å². The van der Waals surface area contributed by atoms with Crippen LogP contribution in [0.4, 0.5) is 0 Å². The van der Waals surface area contributed by atoms with Gasteiger partial charge in [-0.3, -0.25) is 0 Å². The Hall–Kier alpha value is -1.68. The highest BCUT2D eigenvalue weighted by molar-refractivity contribution is 5.51. The fourth-order valence-electron chi connectivity index (χ4n) is 2.18. The van der Waals surface area contributed by atoms with Gasteiger partial charge in [-0.25, -0.2) is 0 Å². The van der Waals surface area contributed by atoms with E-state index in [0.29, 0.717) is 11.9 Å². The van der Waals surface area contributed by atoms with E-state index in [9.17, 15) is 0 Å². The molecule has 0 aliphatic carbocycles. The summed E-state index contributed by atoms with van der Waals surface area (Å²) in [6.07, 6.45) is 3.27. The van der Waals surface area contributed by atoms with Crippen LogP contribution < -0.4 is 5.32 Å². The van der Waals surface area contributed by atoms with Gasteiger partial charge in [0.1, 0.15) is 0 Å². The minimum Gasteiger partial charge on any atom is -0.421 e. The Kier molecular flexibility index (Phi) is 2.88. The third-order valence-corrected chi connectivity index (χ3v) is 3.07. The summed E-state index contributed by atoms with van der Waals surface area (Å²) in [6, 6.07) is 10.4. The number of benzene rings is 1. The molecule has 1 N–H and O–H groups in total. The summed E-state index contributed by atoms with van der Waals surface area (Å²) in [5, 5.41) is 11.6. The molecule has 1 saturated heterocycles. The van der Waals surface area contributed by atoms with Crippen LogP contribution >= 0.6 is 0 Å². The van der Waals surface area contributed by atoms with E-state index in [2.05, 4.69) is 15.5 Å². The average Bonchev–Trinajstić information content (AvgIpc) is 3.02. The van der Waals surface area contributed by atoms with Gasteiger partial charge >= 0.3 is 0 Å². The van der Waals surface area contributed by atoms with Crippen molar-refractivity contribution in [2.24, 2.45) is 0 Å². The van der Waals surface area contributed by atoms with E-state index in [1.165, 1.54) is 12.8 Å². The molecule has 0 amide bonds. The fourth-order valence-corrected chi connectivity index (χ4v) is 2.18. The van der Waals surface area contributed by atoms with Crippen LogP contribution in [0.2, 0.25) is 0 Å². The molecule has 1 fully saturated rings. The van der Waals surface area contributed by atoms with Gasteiger partial charge in [0.2, 0.25) is 11.8 Å². The van der Waals surface area contributed by atoms with Gasteiger partial charge in [-0.2, -0.15) is 0 Å². The van der Waals surface area contributed by atoms with E-state index in [1.54, 1.807) is 0 Å². The van der Waals surface area contributed by atoms with E-state index in [4.69, 9.17) is 4.42 Å². The molecule has 1 aliphatic rings. The van der Waals surface area contributed by atoms with Crippen molar-refractivity contribution in [3.8, 4) is 11.5 Å². The molecule has 88 valence electrons. The molecule has 1 aromatic carbocycles. The van der Waals surface area contributed by atoms with Crippen LogP contribution in [0.25, 0.3) is 11.5 Å². The van der Waals surface area contributed by atoms with Crippen molar-refractivity contribution in [1.29, 1.82) is 0 Å². The second kappa shape index (κ2) is 4.67. The van der Waals surface area contributed by atoms with Gasteiger partial charge in [-0.1, -0.05) is 18.2 Å². The summed E-state index contributed by atoms with van der Waals surface area (Å²) < 4.78 is 5.67. The Labute approximate surface area is 100 Å². The smallest absolute Gasteiger partial charge is 0.247 e. The Bertz CT molecular complexity index is 474.